The van der Waals surface area contributed by atoms with Gasteiger partial charge in [-0.3, -0.25) is 19.6 Å². The van der Waals surface area contributed by atoms with Gasteiger partial charge in [0.15, 0.2) is 0 Å². The molecule has 1 aromatic heterocycles. The predicted octanol–water partition coefficient (Wildman–Crippen LogP) is 2.04. The van der Waals surface area contributed by atoms with E-state index in [9.17, 15) is 9.59 Å². The van der Waals surface area contributed by atoms with Crippen LogP contribution in [0, 0.1) is 0 Å². The molecule has 8 nitrogen and oxygen atoms in total. The number of imide groups is 1. The Balaban J connectivity index is 2.09. The van der Waals surface area contributed by atoms with Crippen molar-refractivity contribution in [3.63, 3.8) is 0 Å². The third kappa shape index (κ3) is 2.21. The third-order valence-electron chi connectivity index (χ3n) is 3.59. The predicted molar refractivity (Wildman–Crippen MR) is 74.6 cm³/mol. The summed E-state index contributed by atoms with van der Waals surface area (Å²) in [4.78, 5) is 26.0. The molecule has 2 amide bonds. The van der Waals surface area contributed by atoms with E-state index in [1.165, 1.54) is 0 Å². The number of aromatic nitrogens is 2. The topological polar surface area (TPSA) is 113 Å². The molecule has 1 N–H and O–H groups in total. The van der Waals surface area contributed by atoms with Crippen LogP contribution in [0.3, 0.4) is 0 Å². The Morgan fingerprint density at radius 3 is 3.00 bits per heavy atom. The molecular formula is C13H12N6O2. The molecule has 3 rings (SSSR count). The summed E-state index contributed by atoms with van der Waals surface area (Å²) in [5.41, 5.74) is 10.4. The summed E-state index contributed by atoms with van der Waals surface area (Å²) in [6, 6.07) is 5.18. The standard InChI is InChI=1S/C13H12N6O2/c1-19-10-6-7(16-18-14)2-3-8(10)12(17-19)9-4-5-11(20)15-13(9)21/h2-3,6,9H,4-5H2,1H3,(H,15,20,21). The van der Waals surface area contributed by atoms with E-state index >= 15 is 0 Å². The molecule has 0 saturated carbocycles. The fourth-order valence-electron chi connectivity index (χ4n) is 2.60. The van der Waals surface area contributed by atoms with E-state index in [-0.39, 0.29) is 11.8 Å². The minimum Gasteiger partial charge on any atom is -0.296 e. The van der Waals surface area contributed by atoms with Gasteiger partial charge in [0.25, 0.3) is 0 Å². The average molecular weight is 284 g/mol. The number of azide groups is 1. The number of aryl methyl sites for hydroxylation is 1. The summed E-state index contributed by atoms with van der Waals surface area (Å²) >= 11 is 0. The van der Waals surface area contributed by atoms with Crippen LogP contribution in [0.2, 0.25) is 0 Å². The van der Waals surface area contributed by atoms with Crippen molar-refractivity contribution in [3.8, 4) is 0 Å². The molecule has 8 heteroatoms. The number of nitrogens with zero attached hydrogens (tertiary/aromatic N) is 5. The summed E-state index contributed by atoms with van der Waals surface area (Å²) in [5, 5.41) is 11.1. The number of hydrogen-bond acceptors (Lipinski definition) is 4. The second kappa shape index (κ2) is 4.92. The first-order chi connectivity index (χ1) is 10.1. The maximum Gasteiger partial charge on any atom is 0.235 e. The molecule has 1 fully saturated rings. The Hall–Kier alpha value is -2.86. The van der Waals surface area contributed by atoms with Gasteiger partial charge in [0, 0.05) is 29.5 Å². The molecule has 1 saturated heterocycles. The van der Waals surface area contributed by atoms with Crippen LogP contribution in [0.5, 0.6) is 0 Å². The number of carbonyl (C=O) groups is 2. The Kier molecular flexibility index (Phi) is 3.08. The Bertz CT molecular complexity index is 802. The number of carbonyl (C=O) groups excluding carboxylic acids is 2. The SMILES string of the molecule is Cn1nc(C2CCC(=O)NC2=O)c2ccc(N=[N+]=[N-])cc21. The normalized spacial score (nSPS) is 18.4. The number of fused-ring (bicyclic) bond motifs is 1. The summed E-state index contributed by atoms with van der Waals surface area (Å²) < 4.78 is 1.64. The van der Waals surface area contributed by atoms with E-state index < -0.39 is 5.92 Å². The number of piperidine rings is 1. The molecular weight excluding hydrogens is 272 g/mol. The molecule has 0 bridgehead atoms. The molecule has 1 aromatic carbocycles. The molecule has 0 aliphatic carbocycles. The molecule has 2 heterocycles. The lowest BCUT2D eigenvalue weighted by Crippen LogP contribution is -2.39. The maximum atomic E-state index is 12.0. The van der Waals surface area contributed by atoms with Crippen molar-refractivity contribution in [2.75, 3.05) is 0 Å². The van der Waals surface area contributed by atoms with Crippen LogP contribution >= 0.6 is 0 Å². The molecule has 1 unspecified atom stereocenters. The highest BCUT2D eigenvalue weighted by Gasteiger charge is 2.31. The zero-order valence-electron chi connectivity index (χ0n) is 11.3. The van der Waals surface area contributed by atoms with E-state index in [2.05, 4.69) is 20.4 Å². The molecule has 1 aliphatic heterocycles. The van der Waals surface area contributed by atoms with Gasteiger partial charge in [-0.2, -0.15) is 5.10 Å². The van der Waals surface area contributed by atoms with Crippen molar-refractivity contribution in [1.29, 1.82) is 0 Å². The Morgan fingerprint density at radius 2 is 2.29 bits per heavy atom. The Morgan fingerprint density at radius 1 is 1.48 bits per heavy atom. The molecule has 21 heavy (non-hydrogen) atoms. The van der Waals surface area contributed by atoms with Gasteiger partial charge in [-0.05, 0) is 18.0 Å². The lowest BCUT2D eigenvalue weighted by Gasteiger charge is -2.19. The Labute approximate surface area is 119 Å². The van der Waals surface area contributed by atoms with E-state index in [4.69, 9.17) is 5.53 Å². The molecule has 106 valence electrons. The second-order valence-corrected chi connectivity index (χ2v) is 4.90. The molecule has 0 spiro atoms. The van der Waals surface area contributed by atoms with Crippen LogP contribution in [0.4, 0.5) is 5.69 Å². The highest BCUT2D eigenvalue weighted by molar-refractivity contribution is 6.02. The van der Waals surface area contributed by atoms with Crippen molar-refractivity contribution < 1.29 is 9.59 Å². The van der Waals surface area contributed by atoms with Crippen LogP contribution in [-0.4, -0.2) is 21.6 Å². The lowest BCUT2D eigenvalue weighted by atomic mass is 9.93. The summed E-state index contributed by atoms with van der Waals surface area (Å²) in [7, 11) is 1.76. The van der Waals surface area contributed by atoms with Crippen LogP contribution in [0.1, 0.15) is 24.5 Å². The van der Waals surface area contributed by atoms with Crippen molar-refractivity contribution in [3.05, 3.63) is 34.3 Å². The number of rotatable bonds is 2. The summed E-state index contributed by atoms with van der Waals surface area (Å²) in [6.45, 7) is 0. The number of benzene rings is 1. The first-order valence-corrected chi connectivity index (χ1v) is 6.45. The van der Waals surface area contributed by atoms with Crippen LogP contribution in [-0.2, 0) is 16.6 Å². The maximum absolute atomic E-state index is 12.0. The van der Waals surface area contributed by atoms with Gasteiger partial charge in [-0.15, -0.1) is 0 Å². The number of nitrogens with one attached hydrogen (secondary N) is 1. The van der Waals surface area contributed by atoms with Crippen LogP contribution in [0.25, 0.3) is 21.3 Å². The van der Waals surface area contributed by atoms with Crippen LogP contribution in [0.15, 0.2) is 23.3 Å². The fourth-order valence-corrected chi connectivity index (χ4v) is 2.60. The zero-order valence-corrected chi connectivity index (χ0v) is 11.3. The number of amides is 2. The quantitative estimate of drug-likeness (QED) is 0.394. The van der Waals surface area contributed by atoms with Gasteiger partial charge in [0.05, 0.1) is 17.1 Å². The number of hydrogen-bond donors (Lipinski definition) is 1. The monoisotopic (exact) mass is 284 g/mol. The first kappa shape index (κ1) is 13.1. The highest BCUT2D eigenvalue weighted by Crippen LogP contribution is 2.31. The van der Waals surface area contributed by atoms with E-state index in [0.717, 1.165) is 10.9 Å². The molecule has 1 atom stereocenters. The third-order valence-corrected chi connectivity index (χ3v) is 3.59. The van der Waals surface area contributed by atoms with Crippen molar-refractivity contribution >= 4 is 28.4 Å². The summed E-state index contributed by atoms with van der Waals surface area (Å²) in [5.74, 6) is -0.996. The first-order valence-electron chi connectivity index (χ1n) is 6.45. The van der Waals surface area contributed by atoms with Gasteiger partial charge >= 0.3 is 0 Å². The van der Waals surface area contributed by atoms with Crippen LogP contribution < -0.4 is 5.32 Å². The fraction of sp³-hybridized carbons (Fsp3) is 0.308. The molecule has 2 aromatic rings. The van der Waals surface area contributed by atoms with Gasteiger partial charge in [0.2, 0.25) is 11.8 Å². The highest BCUT2D eigenvalue weighted by atomic mass is 16.2. The molecule has 0 radical (unpaired) electrons. The lowest BCUT2D eigenvalue weighted by molar-refractivity contribution is -0.134. The largest absolute Gasteiger partial charge is 0.296 e. The summed E-state index contributed by atoms with van der Waals surface area (Å²) in [6.07, 6.45) is 0.764. The van der Waals surface area contributed by atoms with E-state index in [1.807, 2.05) is 0 Å². The average Bonchev–Trinajstić information content (AvgIpc) is 2.76. The van der Waals surface area contributed by atoms with Crippen molar-refractivity contribution in [2.24, 2.45) is 12.2 Å². The van der Waals surface area contributed by atoms with Crippen molar-refractivity contribution in [2.45, 2.75) is 18.8 Å². The second-order valence-electron chi connectivity index (χ2n) is 4.90. The van der Waals surface area contributed by atoms with Gasteiger partial charge in [0.1, 0.15) is 0 Å². The van der Waals surface area contributed by atoms with Crippen molar-refractivity contribution in [1.82, 2.24) is 15.1 Å². The van der Waals surface area contributed by atoms with E-state index in [1.54, 1.807) is 29.9 Å². The minimum absolute atomic E-state index is 0.248. The smallest absolute Gasteiger partial charge is 0.235 e. The zero-order chi connectivity index (χ0) is 15.0. The van der Waals surface area contributed by atoms with Gasteiger partial charge in [-0.25, -0.2) is 0 Å². The minimum atomic E-state index is -0.434. The molecule has 1 aliphatic rings. The van der Waals surface area contributed by atoms with E-state index in [0.29, 0.717) is 24.2 Å². The van der Waals surface area contributed by atoms with Gasteiger partial charge in [-0.1, -0.05) is 17.2 Å². The van der Waals surface area contributed by atoms with Gasteiger partial charge < -0.3 is 0 Å².